The third kappa shape index (κ3) is 3.22. The van der Waals surface area contributed by atoms with Crippen LogP contribution in [-0.2, 0) is 0 Å². The molecule has 3 heteroatoms. The predicted molar refractivity (Wildman–Crippen MR) is 87.4 cm³/mol. The van der Waals surface area contributed by atoms with Gasteiger partial charge in [-0.25, -0.2) is 0 Å². The molecule has 0 fully saturated rings. The summed E-state index contributed by atoms with van der Waals surface area (Å²) in [7, 11) is 1.70. The van der Waals surface area contributed by atoms with Crippen LogP contribution in [0.1, 0.15) is 29.7 Å². The van der Waals surface area contributed by atoms with Crippen LogP contribution in [0.25, 0.3) is 0 Å². The van der Waals surface area contributed by atoms with Crippen LogP contribution >= 0.6 is 15.9 Å². The van der Waals surface area contributed by atoms with Gasteiger partial charge in [-0.15, -0.1) is 0 Å². The van der Waals surface area contributed by atoms with Gasteiger partial charge in [-0.1, -0.05) is 47.1 Å². The van der Waals surface area contributed by atoms with Gasteiger partial charge in [0.25, 0.3) is 0 Å². The fourth-order valence-electron chi connectivity index (χ4n) is 2.37. The topological polar surface area (TPSA) is 21.3 Å². The number of benzene rings is 2. The van der Waals surface area contributed by atoms with E-state index in [0.717, 1.165) is 16.8 Å². The van der Waals surface area contributed by atoms with Crippen molar-refractivity contribution < 1.29 is 4.74 Å². The van der Waals surface area contributed by atoms with Crippen molar-refractivity contribution in [1.29, 1.82) is 0 Å². The van der Waals surface area contributed by atoms with E-state index in [2.05, 4.69) is 65.4 Å². The third-order valence-corrected chi connectivity index (χ3v) is 4.14. The Morgan fingerprint density at radius 3 is 2.55 bits per heavy atom. The van der Waals surface area contributed by atoms with E-state index in [9.17, 15) is 0 Å². The van der Waals surface area contributed by atoms with Gasteiger partial charge in [-0.05, 0) is 48.4 Å². The van der Waals surface area contributed by atoms with Crippen molar-refractivity contribution in [1.82, 2.24) is 5.32 Å². The molecule has 1 unspecified atom stereocenters. The van der Waals surface area contributed by atoms with Gasteiger partial charge in [0.1, 0.15) is 5.75 Å². The lowest BCUT2D eigenvalue weighted by molar-refractivity contribution is 0.413. The molecule has 0 amide bonds. The smallest absolute Gasteiger partial charge is 0.119 e. The second-order valence-electron chi connectivity index (χ2n) is 4.73. The number of rotatable bonds is 5. The van der Waals surface area contributed by atoms with Crippen LogP contribution in [0.5, 0.6) is 5.75 Å². The van der Waals surface area contributed by atoms with Gasteiger partial charge in [0.2, 0.25) is 0 Å². The van der Waals surface area contributed by atoms with E-state index >= 15 is 0 Å². The Labute approximate surface area is 129 Å². The first-order chi connectivity index (χ1) is 9.67. The molecule has 0 aliphatic carbocycles. The maximum absolute atomic E-state index is 5.36. The molecule has 1 N–H and O–H groups in total. The van der Waals surface area contributed by atoms with Gasteiger partial charge in [0.15, 0.2) is 0 Å². The SMILES string of the molecule is CCNC(c1ccccc1C)c1cc(OC)ccc1Br. The number of aryl methyl sites for hydroxylation is 1. The second-order valence-corrected chi connectivity index (χ2v) is 5.59. The zero-order valence-electron chi connectivity index (χ0n) is 12.1. The largest absolute Gasteiger partial charge is 0.497 e. The molecular weight excluding hydrogens is 314 g/mol. The lowest BCUT2D eigenvalue weighted by Gasteiger charge is -2.22. The van der Waals surface area contributed by atoms with Crippen LogP contribution in [0.15, 0.2) is 46.9 Å². The molecule has 2 rings (SSSR count). The highest BCUT2D eigenvalue weighted by molar-refractivity contribution is 9.10. The Morgan fingerprint density at radius 1 is 1.15 bits per heavy atom. The molecule has 0 spiro atoms. The lowest BCUT2D eigenvalue weighted by atomic mass is 9.95. The van der Waals surface area contributed by atoms with Crippen molar-refractivity contribution >= 4 is 15.9 Å². The summed E-state index contributed by atoms with van der Waals surface area (Å²) in [5.74, 6) is 0.875. The summed E-state index contributed by atoms with van der Waals surface area (Å²) in [5.41, 5.74) is 3.77. The molecular formula is C17H20BrNO. The minimum atomic E-state index is 0.158. The first-order valence-corrected chi connectivity index (χ1v) is 7.59. The van der Waals surface area contributed by atoms with E-state index in [0.29, 0.717) is 0 Å². The van der Waals surface area contributed by atoms with E-state index in [-0.39, 0.29) is 6.04 Å². The van der Waals surface area contributed by atoms with Crippen LogP contribution in [0.3, 0.4) is 0 Å². The number of methoxy groups -OCH3 is 1. The molecule has 1 atom stereocenters. The molecule has 0 radical (unpaired) electrons. The molecule has 0 aliphatic rings. The molecule has 2 aromatic carbocycles. The van der Waals surface area contributed by atoms with Crippen molar-refractivity contribution in [2.45, 2.75) is 19.9 Å². The van der Waals surface area contributed by atoms with Crippen molar-refractivity contribution in [2.75, 3.05) is 13.7 Å². The van der Waals surface area contributed by atoms with E-state index in [1.807, 2.05) is 12.1 Å². The molecule has 0 saturated heterocycles. The van der Waals surface area contributed by atoms with Crippen LogP contribution in [0.2, 0.25) is 0 Å². The second kappa shape index (κ2) is 6.91. The zero-order valence-corrected chi connectivity index (χ0v) is 13.7. The molecule has 2 nitrogen and oxygen atoms in total. The summed E-state index contributed by atoms with van der Waals surface area (Å²) in [6.07, 6.45) is 0. The number of halogens is 1. The van der Waals surface area contributed by atoms with Gasteiger partial charge in [0.05, 0.1) is 13.2 Å². The van der Waals surface area contributed by atoms with Crippen LogP contribution in [0, 0.1) is 6.92 Å². The van der Waals surface area contributed by atoms with Gasteiger partial charge in [-0.2, -0.15) is 0 Å². The zero-order chi connectivity index (χ0) is 14.5. The van der Waals surface area contributed by atoms with E-state index in [1.165, 1.54) is 16.7 Å². The van der Waals surface area contributed by atoms with E-state index in [1.54, 1.807) is 7.11 Å². The predicted octanol–water partition coefficient (Wildman–Crippen LogP) is 4.47. The highest BCUT2D eigenvalue weighted by Crippen LogP contribution is 2.32. The van der Waals surface area contributed by atoms with Crippen LogP contribution in [-0.4, -0.2) is 13.7 Å². The van der Waals surface area contributed by atoms with E-state index < -0.39 is 0 Å². The van der Waals surface area contributed by atoms with Crippen molar-refractivity contribution in [3.63, 3.8) is 0 Å². The Hall–Kier alpha value is -1.32. The number of hydrogen-bond acceptors (Lipinski definition) is 2. The summed E-state index contributed by atoms with van der Waals surface area (Å²) in [6, 6.07) is 14.7. The fourth-order valence-corrected chi connectivity index (χ4v) is 2.85. The van der Waals surface area contributed by atoms with Gasteiger partial charge in [0, 0.05) is 4.47 Å². The molecule has 2 aromatic rings. The first-order valence-electron chi connectivity index (χ1n) is 6.79. The standard InChI is InChI=1S/C17H20BrNO/c1-4-19-17(14-8-6-5-7-12(14)2)15-11-13(20-3)9-10-16(15)18/h5-11,17,19H,4H2,1-3H3. The molecule has 0 aliphatic heterocycles. The average Bonchev–Trinajstić information content (AvgIpc) is 2.47. The quantitative estimate of drug-likeness (QED) is 0.871. The number of hydrogen-bond donors (Lipinski definition) is 1. The number of nitrogens with one attached hydrogen (secondary N) is 1. The van der Waals surface area contributed by atoms with Crippen molar-refractivity contribution in [3.05, 3.63) is 63.6 Å². The highest BCUT2D eigenvalue weighted by atomic mass is 79.9. The Kier molecular flexibility index (Phi) is 5.21. The van der Waals surface area contributed by atoms with Crippen LogP contribution in [0.4, 0.5) is 0 Å². The maximum Gasteiger partial charge on any atom is 0.119 e. The minimum absolute atomic E-state index is 0.158. The third-order valence-electron chi connectivity index (χ3n) is 3.42. The molecule has 20 heavy (non-hydrogen) atoms. The Balaban J connectivity index is 2.51. The van der Waals surface area contributed by atoms with E-state index in [4.69, 9.17) is 4.74 Å². The molecule has 0 bridgehead atoms. The average molecular weight is 334 g/mol. The van der Waals surface area contributed by atoms with Gasteiger partial charge < -0.3 is 10.1 Å². The summed E-state index contributed by atoms with van der Waals surface area (Å²) in [4.78, 5) is 0. The normalized spacial score (nSPS) is 12.2. The summed E-state index contributed by atoms with van der Waals surface area (Å²) < 4.78 is 6.45. The highest BCUT2D eigenvalue weighted by Gasteiger charge is 2.18. The van der Waals surface area contributed by atoms with Gasteiger partial charge in [-0.3, -0.25) is 0 Å². The molecule has 0 aromatic heterocycles. The molecule has 0 saturated carbocycles. The molecule has 0 heterocycles. The van der Waals surface area contributed by atoms with Crippen molar-refractivity contribution in [2.24, 2.45) is 0 Å². The monoisotopic (exact) mass is 333 g/mol. The Bertz CT molecular complexity index is 583. The fraction of sp³-hybridized carbons (Fsp3) is 0.294. The summed E-state index contributed by atoms with van der Waals surface area (Å²) in [5, 5.41) is 3.56. The van der Waals surface area contributed by atoms with Crippen molar-refractivity contribution in [3.8, 4) is 5.75 Å². The Morgan fingerprint density at radius 2 is 1.90 bits per heavy atom. The lowest BCUT2D eigenvalue weighted by Crippen LogP contribution is -2.23. The maximum atomic E-state index is 5.36. The minimum Gasteiger partial charge on any atom is -0.497 e. The number of ether oxygens (including phenoxy) is 1. The first kappa shape index (κ1) is 15.1. The summed E-state index contributed by atoms with van der Waals surface area (Å²) >= 11 is 3.66. The summed E-state index contributed by atoms with van der Waals surface area (Å²) in [6.45, 7) is 5.18. The van der Waals surface area contributed by atoms with Gasteiger partial charge >= 0.3 is 0 Å². The molecule has 106 valence electrons. The van der Waals surface area contributed by atoms with Crippen LogP contribution < -0.4 is 10.1 Å².